The van der Waals surface area contributed by atoms with E-state index in [1.165, 1.54) is 0 Å². The third kappa shape index (κ3) is 4.27. The smallest absolute Gasteiger partial charge is 0.355 e. The maximum absolute atomic E-state index is 13.5. The first-order chi connectivity index (χ1) is 16.0. The lowest BCUT2D eigenvalue weighted by molar-refractivity contribution is -0.164. The number of benzene rings is 1. The number of ether oxygens (including phenoxy) is 2. The van der Waals surface area contributed by atoms with Crippen LogP contribution in [0.3, 0.4) is 0 Å². The molecule has 0 N–H and O–H groups in total. The number of hydrogen-bond acceptors (Lipinski definition) is 5. The van der Waals surface area contributed by atoms with Crippen LogP contribution in [0, 0.1) is 11.8 Å². The van der Waals surface area contributed by atoms with Crippen molar-refractivity contribution >= 4 is 20.2 Å². The molecule has 1 saturated carbocycles. The molecule has 0 aromatic heterocycles. The van der Waals surface area contributed by atoms with Crippen LogP contribution in [0.1, 0.15) is 52.5 Å². The fourth-order valence-electron chi connectivity index (χ4n) is 5.56. The Bertz CT molecular complexity index is 967. The van der Waals surface area contributed by atoms with E-state index in [4.69, 9.17) is 13.9 Å². The topological polar surface area (TPSA) is 65.1 Å². The van der Waals surface area contributed by atoms with Gasteiger partial charge in [0.05, 0.1) is 24.2 Å². The van der Waals surface area contributed by atoms with E-state index < -0.39 is 14.3 Å². The number of carbonyl (C=O) groups excluding carboxylic acids is 2. The molecule has 3 aliphatic rings. The second-order valence-corrected chi connectivity index (χ2v) is 16.2. The van der Waals surface area contributed by atoms with Gasteiger partial charge in [0.25, 0.3) is 0 Å². The second-order valence-electron chi connectivity index (χ2n) is 11.4. The van der Waals surface area contributed by atoms with Crippen molar-refractivity contribution in [1.82, 2.24) is 4.90 Å². The molecule has 7 heteroatoms. The highest BCUT2D eigenvalue weighted by atomic mass is 28.4. The van der Waals surface area contributed by atoms with Gasteiger partial charge in [-0.1, -0.05) is 51.1 Å². The van der Waals surface area contributed by atoms with E-state index in [1.807, 2.05) is 37.3 Å². The summed E-state index contributed by atoms with van der Waals surface area (Å²) in [6, 6.07) is 9.56. The number of carbonyl (C=O) groups is 2. The Balaban J connectivity index is 1.59. The van der Waals surface area contributed by atoms with Crippen molar-refractivity contribution in [3.8, 4) is 0 Å². The normalized spacial score (nSPS) is 27.7. The van der Waals surface area contributed by atoms with Crippen LogP contribution in [0.5, 0.6) is 0 Å². The van der Waals surface area contributed by atoms with Gasteiger partial charge < -0.3 is 18.8 Å². The van der Waals surface area contributed by atoms with Gasteiger partial charge in [-0.25, -0.2) is 4.79 Å². The molecule has 5 atom stereocenters. The summed E-state index contributed by atoms with van der Waals surface area (Å²) in [5, 5.41) is 0.0607. The minimum absolute atomic E-state index is 0.0281. The highest BCUT2D eigenvalue weighted by Gasteiger charge is 2.63. The van der Waals surface area contributed by atoms with Crippen molar-refractivity contribution in [3.63, 3.8) is 0 Å². The van der Waals surface area contributed by atoms with Crippen LogP contribution < -0.4 is 0 Å². The quantitative estimate of drug-likeness (QED) is 0.307. The van der Waals surface area contributed by atoms with Gasteiger partial charge in [0, 0.05) is 13.0 Å². The van der Waals surface area contributed by atoms with Crippen LogP contribution in [0.25, 0.3) is 0 Å². The first-order valence-electron chi connectivity index (χ1n) is 12.5. The Kier molecular flexibility index (Phi) is 6.84. The molecule has 1 aromatic rings. The molecule has 0 spiro atoms. The van der Waals surface area contributed by atoms with Crippen LogP contribution in [0.4, 0.5) is 0 Å². The average Bonchev–Trinajstić information content (AvgIpc) is 3.07. The van der Waals surface area contributed by atoms with E-state index in [0.717, 1.165) is 30.4 Å². The SMILES string of the molecule is CO[C@H]1CCC[C@H]2C1=C(C(=O)OCc1ccccc1)N1C(=O)[C@H]([C@@H](C)O[Si](C)(C)C(C)(C)C)[C@@H]21. The summed E-state index contributed by atoms with van der Waals surface area (Å²) < 4.78 is 18.2. The number of amides is 1. The lowest BCUT2D eigenvalue weighted by atomic mass is 9.72. The Morgan fingerprint density at radius 2 is 1.85 bits per heavy atom. The Morgan fingerprint density at radius 3 is 2.47 bits per heavy atom. The van der Waals surface area contributed by atoms with Crippen LogP contribution in [0.15, 0.2) is 41.6 Å². The molecule has 186 valence electrons. The van der Waals surface area contributed by atoms with Gasteiger partial charge in [0.1, 0.15) is 12.3 Å². The fraction of sp³-hybridized carbons (Fsp3) is 0.630. The van der Waals surface area contributed by atoms with Crippen LogP contribution in [-0.2, 0) is 30.1 Å². The summed E-state index contributed by atoms with van der Waals surface area (Å²) in [5.41, 5.74) is 2.29. The number of esters is 1. The molecule has 6 nitrogen and oxygen atoms in total. The van der Waals surface area contributed by atoms with Gasteiger partial charge in [0.2, 0.25) is 5.91 Å². The van der Waals surface area contributed by atoms with Crippen LogP contribution in [-0.4, -0.2) is 50.5 Å². The lowest BCUT2D eigenvalue weighted by Crippen LogP contribution is -2.65. The van der Waals surface area contributed by atoms with Gasteiger partial charge in [-0.2, -0.15) is 0 Å². The molecule has 2 aliphatic heterocycles. The number of fused-ring (bicyclic) bond motifs is 3. The lowest BCUT2D eigenvalue weighted by Gasteiger charge is -2.50. The van der Waals surface area contributed by atoms with Gasteiger partial charge in [0.15, 0.2) is 8.32 Å². The summed E-state index contributed by atoms with van der Waals surface area (Å²) in [6.45, 7) is 13.3. The first-order valence-corrected chi connectivity index (χ1v) is 15.4. The molecule has 0 radical (unpaired) electrons. The predicted molar refractivity (Wildman–Crippen MR) is 133 cm³/mol. The fourth-order valence-corrected chi connectivity index (χ4v) is 6.99. The van der Waals surface area contributed by atoms with Crippen LogP contribution in [0.2, 0.25) is 18.1 Å². The van der Waals surface area contributed by atoms with E-state index >= 15 is 0 Å². The molecule has 0 bridgehead atoms. The molecule has 2 heterocycles. The molecule has 1 saturated heterocycles. The molecular formula is C27H39NO5Si. The standard InChI is InChI=1S/C27H39NO5Si/c1-17(33-34(6,7)27(2,3)4)21-23-19-14-11-15-20(31-5)22(19)24(28(23)25(21)29)26(30)32-16-18-12-9-8-10-13-18/h8-10,12-13,17,19-21,23H,11,14-16H2,1-7H3/t17-,19+,20+,21-,23-/m1/s1. The minimum Gasteiger partial charge on any atom is -0.456 e. The van der Waals surface area contributed by atoms with E-state index in [9.17, 15) is 9.59 Å². The van der Waals surface area contributed by atoms with E-state index in [-0.39, 0.29) is 47.6 Å². The number of nitrogens with zero attached hydrogens (tertiary/aromatic N) is 1. The third-order valence-corrected chi connectivity index (χ3v) is 12.9. The van der Waals surface area contributed by atoms with Crippen molar-refractivity contribution in [2.75, 3.05) is 7.11 Å². The molecule has 34 heavy (non-hydrogen) atoms. The highest BCUT2D eigenvalue weighted by molar-refractivity contribution is 6.74. The zero-order valence-corrected chi connectivity index (χ0v) is 22.6. The molecule has 1 aromatic carbocycles. The van der Waals surface area contributed by atoms with Crippen molar-refractivity contribution in [2.24, 2.45) is 11.8 Å². The maximum Gasteiger partial charge on any atom is 0.355 e. The Hall–Kier alpha value is -1.96. The third-order valence-electron chi connectivity index (χ3n) is 8.33. The summed E-state index contributed by atoms with van der Waals surface area (Å²) >= 11 is 0. The average molecular weight is 486 g/mol. The minimum atomic E-state index is -2.04. The van der Waals surface area contributed by atoms with Crippen molar-refractivity contribution in [2.45, 2.75) is 89.9 Å². The Morgan fingerprint density at radius 1 is 1.18 bits per heavy atom. The monoisotopic (exact) mass is 485 g/mol. The van der Waals surface area contributed by atoms with Crippen LogP contribution >= 0.6 is 0 Å². The number of methoxy groups -OCH3 is 1. The molecule has 1 aliphatic carbocycles. The zero-order chi connectivity index (χ0) is 24.8. The highest BCUT2D eigenvalue weighted by Crippen LogP contribution is 2.53. The molecular weight excluding hydrogens is 446 g/mol. The van der Waals surface area contributed by atoms with Crippen molar-refractivity contribution in [3.05, 3.63) is 47.2 Å². The van der Waals surface area contributed by atoms with Gasteiger partial charge >= 0.3 is 5.97 Å². The predicted octanol–water partition coefficient (Wildman–Crippen LogP) is 5.05. The van der Waals surface area contributed by atoms with E-state index in [1.54, 1.807) is 12.0 Å². The summed E-state index contributed by atoms with van der Waals surface area (Å²) in [6.07, 6.45) is 2.46. The molecule has 0 unspecified atom stereocenters. The Labute approximate surface area is 204 Å². The first kappa shape index (κ1) is 25.1. The van der Waals surface area contributed by atoms with Gasteiger partial charge in [-0.3, -0.25) is 4.79 Å². The number of β-lactam (4-membered cyclic amide) rings is 1. The number of rotatable bonds is 7. The molecule has 4 rings (SSSR count). The van der Waals surface area contributed by atoms with Gasteiger partial charge in [-0.05, 0) is 55.5 Å². The van der Waals surface area contributed by atoms with Crippen molar-refractivity contribution in [1.29, 1.82) is 0 Å². The molecule has 1 amide bonds. The van der Waals surface area contributed by atoms with E-state index in [2.05, 4.69) is 33.9 Å². The maximum atomic E-state index is 13.5. The molecule has 2 fully saturated rings. The summed E-state index contributed by atoms with van der Waals surface area (Å²) in [7, 11) is -0.355. The van der Waals surface area contributed by atoms with E-state index in [0.29, 0.717) is 5.70 Å². The summed E-state index contributed by atoms with van der Waals surface area (Å²) in [5.74, 6) is -0.588. The number of hydrogen-bond donors (Lipinski definition) is 0. The largest absolute Gasteiger partial charge is 0.456 e. The second kappa shape index (κ2) is 9.24. The van der Waals surface area contributed by atoms with Crippen molar-refractivity contribution < 1.29 is 23.5 Å². The zero-order valence-electron chi connectivity index (χ0n) is 21.6. The van der Waals surface area contributed by atoms with Gasteiger partial charge in [-0.15, -0.1) is 0 Å². The summed E-state index contributed by atoms with van der Waals surface area (Å²) in [4.78, 5) is 28.6.